The molecule has 2 aliphatic heterocycles. The Morgan fingerprint density at radius 3 is 2.76 bits per heavy atom. The number of urea groups is 1. The number of nitrogens with zero attached hydrogens (tertiary/aromatic N) is 2. The summed E-state index contributed by atoms with van der Waals surface area (Å²) < 4.78 is 18.5. The second-order valence-electron chi connectivity index (χ2n) is 8.24. The number of methoxy groups -OCH3 is 1. The molecule has 29 heavy (non-hydrogen) atoms. The third kappa shape index (κ3) is 3.45. The van der Waals surface area contributed by atoms with Gasteiger partial charge in [-0.25, -0.2) is 9.18 Å². The van der Waals surface area contributed by atoms with E-state index in [1.807, 2.05) is 36.9 Å². The molecular formula is C22H24FN3O3. The first-order valence-electron chi connectivity index (χ1n) is 9.70. The maximum atomic E-state index is 13.6. The summed E-state index contributed by atoms with van der Waals surface area (Å²) in [6.07, 6.45) is 4.89. The smallest absolute Gasteiger partial charge is 0.322 e. The van der Waals surface area contributed by atoms with Crippen LogP contribution in [0.25, 0.3) is 11.1 Å². The zero-order valence-electron chi connectivity index (χ0n) is 16.7. The lowest BCUT2D eigenvalue weighted by molar-refractivity contribution is -0.157. The van der Waals surface area contributed by atoms with Crippen LogP contribution in [-0.2, 0) is 9.53 Å². The van der Waals surface area contributed by atoms with E-state index >= 15 is 0 Å². The Morgan fingerprint density at radius 2 is 2.07 bits per heavy atom. The number of carbonyl (C=O) groups is 2. The molecule has 6 nitrogen and oxygen atoms in total. The van der Waals surface area contributed by atoms with Crippen LogP contribution in [0.5, 0.6) is 0 Å². The predicted molar refractivity (Wildman–Crippen MR) is 107 cm³/mol. The molecule has 1 N–H and O–H groups in total. The summed E-state index contributed by atoms with van der Waals surface area (Å²) >= 11 is 0. The van der Waals surface area contributed by atoms with Gasteiger partial charge in [0.15, 0.2) is 0 Å². The summed E-state index contributed by atoms with van der Waals surface area (Å²) in [4.78, 5) is 30.6. The number of hydrogen-bond acceptors (Lipinski definition) is 4. The van der Waals surface area contributed by atoms with Crippen molar-refractivity contribution in [2.75, 3.05) is 12.4 Å². The number of pyridine rings is 1. The first-order chi connectivity index (χ1) is 13.8. The van der Waals surface area contributed by atoms with E-state index in [2.05, 4.69) is 10.3 Å². The van der Waals surface area contributed by atoms with E-state index in [4.69, 9.17) is 4.74 Å². The number of carbonyl (C=O) groups excluding carboxylic acids is 2. The fourth-order valence-electron chi connectivity index (χ4n) is 4.85. The standard InChI is InChI=1S/C22H24FN3O3/c1-13-4-5-17(8-19(13)15-6-16(23)12-24-11-15)25-21(28)26-18-7-14(20(27)29-3)9-22(26,2)10-18/h4-6,8,11-12,14,18H,7,9-10H2,1-3H3,(H,25,28). The fraction of sp³-hybridized carbons (Fsp3) is 0.409. The topological polar surface area (TPSA) is 71.5 Å². The van der Waals surface area contributed by atoms with E-state index in [-0.39, 0.29) is 29.5 Å². The number of fused-ring (bicyclic) bond motifs is 2. The Hall–Kier alpha value is -2.96. The van der Waals surface area contributed by atoms with E-state index in [1.165, 1.54) is 13.2 Å². The summed E-state index contributed by atoms with van der Waals surface area (Å²) in [5, 5.41) is 2.96. The highest BCUT2D eigenvalue weighted by Gasteiger charge is 2.57. The molecule has 152 valence electrons. The molecule has 3 fully saturated rings. The number of esters is 1. The summed E-state index contributed by atoms with van der Waals surface area (Å²) in [7, 11) is 1.40. The number of hydrogen-bond donors (Lipinski definition) is 1. The minimum atomic E-state index is -0.405. The average molecular weight is 397 g/mol. The van der Waals surface area contributed by atoms with Crippen molar-refractivity contribution in [3.8, 4) is 11.1 Å². The van der Waals surface area contributed by atoms with Crippen molar-refractivity contribution >= 4 is 17.7 Å². The second-order valence-corrected chi connectivity index (χ2v) is 8.24. The van der Waals surface area contributed by atoms with Gasteiger partial charge in [0.05, 0.1) is 19.2 Å². The Labute approximate surface area is 169 Å². The molecule has 5 rings (SSSR count). The van der Waals surface area contributed by atoms with Crippen LogP contribution in [0.2, 0.25) is 0 Å². The highest BCUT2D eigenvalue weighted by Crippen LogP contribution is 2.50. The number of benzene rings is 1. The monoisotopic (exact) mass is 397 g/mol. The number of ether oxygens (including phenoxy) is 1. The van der Waals surface area contributed by atoms with Crippen LogP contribution in [-0.4, -0.2) is 40.6 Å². The molecule has 7 heteroatoms. The Bertz CT molecular complexity index is 980. The number of halogens is 1. The Morgan fingerprint density at radius 1 is 1.28 bits per heavy atom. The van der Waals surface area contributed by atoms with Crippen LogP contribution in [0.1, 0.15) is 31.7 Å². The molecule has 0 radical (unpaired) electrons. The van der Waals surface area contributed by atoms with Gasteiger partial charge in [-0.3, -0.25) is 9.78 Å². The number of anilines is 1. The molecule has 1 saturated carbocycles. The molecular weight excluding hydrogens is 373 g/mol. The second kappa shape index (κ2) is 7.13. The Balaban J connectivity index is 1.51. The van der Waals surface area contributed by atoms with Crippen molar-refractivity contribution in [3.63, 3.8) is 0 Å². The van der Waals surface area contributed by atoms with Gasteiger partial charge in [-0.15, -0.1) is 0 Å². The fourth-order valence-corrected chi connectivity index (χ4v) is 4.85. The number of aromatic nitrogens is 1. The van der Waals surface area contributed by atoms with Gasteiger partial charge in [0.2, 0.25) is 0 Å². The van der Waals surface area contributed by atoms with Crippen molar-refractivity contribution < 1.29 is 18.7 Å². The molecule has 2 saturated heterocycles. The van der Waals surface area contributed by atoms with Crippen LogP contribution in [0, 0.1) is 18.7 Å². The van der Waals surface area contributed by atoms with Gasteiger partial charge >= 0.3 is 12.0 Å². The third-order valence-electron chi connectivity index (χ3n) is 6.12. The van der Waals surface area contributed by atoms with Crippen molar-refractivity contribution in [2.24, 2.45) is 5.92 Å². The summed E-state index contributed by atoms with van der Waals surface area (Å²) in [5.74, 6) is -0.759. The van der Waals surface area contributed by atoms with Gasteiger partial charge in [0.1, 0.15) is 5.82 Å². The molecule has 2 bridgehead atoms. The van der Waals surface area contributed by atoms with Crippen LogP contribution in [0.3, 0.4) is 0 Å². The predicted octanol–water partition coefficient (Wildman–Crippen LogP) is 4.14. The molecule has 1 aromatic heterocycles. The van der Waals surface area contributed by atoms with E-state index in [0.717, 1.165) is 23.7 Å². The average Bonchev–Trinajstić information content (AvgIpc) is 2.68. The molecule has 3 atom stereocenters. The zero-order valence-corrected chi connectivity index (χ0v) is 16.7. The van der Waals surface area contributed by atoms with Gasteiger partial charge in [-0.05, 0) is 62.4 Å². The largest absolute Gasteiger partial charge is 0.469 e. The Kier molecular flexibility index (Phi) is 4.76. The van der Waals surface area contributed by atoms with Crippen molar-refractivity contribution in [1.82, 2.24) is 9.88 Å². The quantitative estimate of drug-likeness (QED) is 0.790. The molecule has 2 aromatic rings. The lowest BCUT2D eigenvalue weighted by Gasteiger charge is -2.61. The molecule has 1 aromatic carbocycles. The van der Waals surface area contributed by atoms with Crippen molar-refractivity contribution in [3.05, 3.63) is 48.0 Å². The maximum absolute atomic E-state index is 13.6. The maximum Gasteiger partial charge on any atom is 0.322 e. The molecule has 3 aliphatic rings. The number of nitrogens with one attached hydrogen (secondary N) is 1. The van der Waals surface area contributed by atoms with Crippen molar-refractivity contribution in [1.29, 1.82) is 0 Å². The molecule has 0 spiro atoms. The molecule has 1 aliphatic carbocycles. The van der Waals surface area contributed by atoms with E-state index < -0.39 is 5.82 Å². The zero-order chi connectivity index (χ0) is 20.8. The first kappa shape index (κ1) is 19.4. The van der Waals surface area contributed by atoms with Crippen LogP contribution < -0.4 is 5.32 Å². The minimum absolute atomic E-state index is 0.0372. The molecule has 2 amide bonds. The van der Waals surface area contributed by atoms with Gasteiger partial charge in [-0.1, -0.05) is 6.07 Å². The highest BCUT2D eigenvalue weighted by atomic mass is 19.1. The van der Waals surface area contributed by atoms with Gasteiger partial charge in [0, 0.05) is 29.0 Å². The normalized spacial score (nSPS) is 25.2. The summed E-state index contributed by atoms with van der Waals surface area (Å²) in [6, 6.07) is 6.84. The van der Waals surface area contributed by atoms with E-state index in [1.54, 1.807) is 6.20 Å². The van der Waals surface area contributed by atoms with Crippen molar-refractivity contribution in [2.45, 2.75) is 44.7 Å². The van der Waals surface area contributed by atoms with Crippen LogP contribution in [0.15, 0.2) is 36.7 Å². The van der Waals surface area contributed by atoms with Crippen LogP contribution in [0.4, 0.5) is 14.9 Å². The minimum Gasteiger partial charge on any atom is -0.469 e. The van der Waals surface area contributed by atoms with Gasteiger partial charge < -0.3 is 15.0 Å². The third-order valence-corrected chi connectivity index (χ3v) is 6.12. The van der Waals surface area contributed by atoms with Gasteiger partial charge in [-0.2, -0.15) is 0 Å². The molecule has 3 unspecified atom stereocenters. The highest BCUT2D eigenvalue weighted by molar-refractivity contribution is 5.92. The van der Waals surface area contributed by atoms with E-state index in [9.17, 15) is 14.0 Å². The summed E-state index contributed by atoms with van der Waals surface area (Å²) in [5.41, 5.74) is 2.73. The van der Waals surface area contributed by atoms with Crippen LogP contribution >= 0.6 is 0 Å². The van der Waals surface area contributed by atoms with E-state index in [0.29, 0.717) is 24.1 Å². The lowest BCUT2D eigenvalue weighted by atomic mass is 9.65. The lowest BCUT2D eigenvalue weighted by Crippen LogP contribution is -2.71. The SMILES string of the molecule is COC(=O)C1CC2CC(C)(C1)N2C(=O)Nc1ccc(C)c(-c2cncc(F)c2)c1. The first-order valence-corrected chi connectivity index (χ1v) is 9.70. The number of aryl methyl sites for hydroxylation is 1. The number of rotatable bonds is 3. The van der Waals surface area contributed by atoms with Gasteiger partial charge in [0.25, 0.3) is 0 Å². The number of piperidine rings is 1. The molecule has 3 heterocycles. The summed E-state index contributed by atoms with van der Waals surface area (Å²) in [6.45, 7) is 3.94. The number of amides is 2.